The monoisotopic (exact) mass is 345 g/mol. The van der Waals surface area contributed by atoms with Crippen molar-refractivity contribution >= 4 is 11.6 Å². The number of hydrogen-bond acceptors (Lipinski definition) is 5. The van der Waals surface area contributed by atoms with Crippen molar-refractivity contribution in [2.45, 2.75) is 58.7 Å². The molecule has 2 aromatic heterocycles. The molecule has 2 aromatic rings. The number of aromatic nitrogens is 5. The number of rotatable bonds is 5. The van der Waals surface area contributed by atoms with E-state index in [1.807, 2.05) is 32.5 Å². The predicted molar refractivity (Wildman–Crippen MR) is 95.1 cm³/mol. The van der Waals surface area contributed by atoms with Gasteiger partial charge in [-0.1, -0.05) is 6.42 Å². The number of aryl methyl sites for hydroxylation is 2. The maximum atomic E-state index is 12.8. The lowest BCUT2D eigenvalue weighted by Gasteiger charge is -2.39. The highest BCUT2D eigenvalue weighted by Gasteiger charge is 2.31. The highest BCUT2D eigenvalue weighted by molar-refractivity contribution is 5.95. The largest absolute Gasteiger partial charge is 0.322 e. The molecule has 0 saturated carbocycles. The summed E-state index contributed by atoms with van der Waals surface area (Å²) in [6.07, 6.45) is 6.67. The third kappa shape index (κ3) is 3.73. The van der Waals surface area contributed by atoms with E-state index in [-0.39, 0.29) is 11.9 Å². The maximum absolute atomic E-state index is 12.8. The molecule has 3 heterocycles. The van der Waals surface area contributed by atoms with Crippen LogP contribution in [0.5, 0.6) is 0 Å². The SMILES string of the molecule is Cc1nn(C)c(C)c1NC(=O)[C@@H](C)N1CCCC[C@H]1Cn1cncn1. The van der Waals surface area contributed by atoms with Gasteiger partial charge in [0.25, 0.3) is 0 Å². The van der Waals surface area contributed by atoms with Crippen molar-refractivity contribution in [2.24, 2.45) is 7.05 Å². The summed E-state index contributed by atoms with van der Waals surface area (Å²) in [6, 6.07) is 0.0973. The first-order valence-corrected chi connectivity index (χ1v) is 8.86. The van der Waals surface area contributed by atoms with Gasteiger partial charge in [-0.25, -0.2) is 4.98 Å². The van der Waals surface area contributed by atoms with Gasteiger partial charge in [-0.3, -0.25) is 19.1 Å². The van der Waals surface area contributed by atoms with Crippen LogP contribution in [-0.2, 0) is 18.4 Å². The molecular formula is C17H27N7O. The smallest absolute Gasteiger partial charge is 0.241 e. The second-order valence-corrected chi connectivity index (χ2v) is 6.84. The summed E-state index contributed by atoms with van der Waals surface area (Å²) >= 11 is 0. The number of carbonyl (C=O) groups is 1. The van der Waals surface area contributed by atoms with Crippen LogP contribution in [0.2, 0.25) is 0 Å². The van der Waals surface area contributed by atoms with Crippen LogP contribution in [0.1, 0.15) is 37.6 Å². The Morgan fingerprint density at radius 3 is 2.84 bits per heavy atom. The Bertz CT molecular complexity index is 722. The minimum absolute atomic E-state index is 0.0182. The molecule has 3 rings (SSSR count). The van der Waals surface area contributed by atoms with Gasteiger partial charge in [0.1, 0.15) is 12.7 Å². The van der Waals surface area contributed by atoms with Gasteiger partial charge in [0.2, 0.25) is 5.91 Å². The zero-order valence-electron chi connectivity index (χ0n) is 15.4. The van der Waals surface area contributed by atoms with Gasteiger partial charge in [0.05, 0.1) is 29.7 Å². The van der Waals surface area contributed by atoms with Crippen molar-refractivity contribution < 1.29 is 4.79 Å². The minimum Gasteiger partial charge on any atom is -0.322 e. The summed E-state index contributed by atoms with van der Waals surface area (Å²) in [5, 5.41) is 11.7. The van der Waals surface area contributed by atoms with E-state index in [1.54, 1.807) is 17.3 Å². The van der Waals surface area contributed by atoms with Crippen LogP contribution >= 0.6 is 0 Å². The molecule has 0 bridgehead atoms. The topological polar surface area (TPSA) is 80.9 Å². The molecule has 1 aliphatic heterocycles. The van der Waals surface area contributed by atoms with Crippen LogP contribution in [0.3, 0.4) is 0 Å². The molecule has 1 N–H and O–H groups in total. The number of hydrogen-bond donors (Lipinski definition) is 1. The number of likely N-dealkylation sites (tertiary alicyclic amines) is 1. The number of nitrogens with one attached hydrogen (secondary N) is 1. The van der Waals surface area contributed by atoms with Crippen molar-refractivity contribution in [1.29, 1.82) is 0 Å². The summed E-state index contributed by atoms with van der Waals surface area (Å²) in [5.41, 5.74) is 2.64. The average Bonchev–Trinajstić information content (AvgIpc) is 3.18. The van der Waals surface area contributed by atoms with E-state index in [9.17, 15) is 4.79 Å². The van der Waals surface area contributed by atoms with Gasteiger partial charge in [-0.2, -0.15) is 10.2 Å². The first-order valence-electron chi connectivity index (χ1n) is 8.86. The van der Waals surface area contributed by atoms with Crippen molar-refractivity contribution in [3.63, 3.8) is 0 Å². The molecular weight excluding hydrogens is 318 g/mol. The molecule has 1 fully saturated rings. The Kier molecular flexibility index (Phi) is 5.17. The molecule has 0 aliphatic carbocycles. The minimum atomic E-state index is -0.201. The van der Waals surface area contributed by atoms with Gasteiger partial charge in [0.15, 0.2) is 0 Å². The Morgan fingerprint density at radius 1 is 1.40 bits per heavy atom. The quantitative estimate of drug-likeness (QED) is 0.888. The van der Waals surface area contributed by atoms with Gasteiger partial charge < -0.3 is 5.32 Å². The summed E-state index contributed by atoms with van der Waals surface area (Å²) in [4.78, 5) is 19.2. The summed E-state index contributed by atoms with van der Waals surface area (Å²) in [5.74, 6) is 0.0182. The fourth-order valence-corrected chi connectivity index (χ4v) is 3.60. The second-order valence-electron chi connectivity index (χ2n) is 6.84. The average molecular weight is 345 g/mol. The van der Waals surface area contributed by atoms with Crippen LogP contribution in [0.25, 0.3) is 0 Å². The third-order valence-corrected chi connectivity index (χ3v) is 5.17. The number of nitrogens with zero attached hydrogens (tertiary/aromatic N) is 6. The number of anilines is 1. The molecule has 8 heteroatoms. The van der Waals surface area contributed by atoms with Gasteiger partial charge in [-0.05, 0) is 40.2 Å². The lowest BCUT2D eigenvalue weighted by Crippen LogP contribution is -2.51. The summed E-state index contributed by atoms with van der Waals surface area (Å²) in [6.45, 7) is 7.56. The number of amides is 1. The predicted octanol–water partition coefficient (Wildman–Crippen LogP) is 1.51. The standard InChI is InChI=1S/C17H27N7O/c1-12-16(13(2)22(4)21-12)20-17(25)14(3)24-8-6-5-7-15(24)9-23-11-18-10-19-23/h10-11,14-15H,5-9H2,1-4H3,(H,20,25)/t14-,15+/m1/s1. The molecule has 0 spiro atoms. The van der Waals surface area contributed by atoms with Gasteiger partial charge in [-0.15, -0.1) is 0 Å². The van der Waals surface area contributed by atoms with Crippen LogP contribution in [0, 0.1) is 13.8 Å². The second kappa shape index (κ2) is 7.35. The fourth-order valence-electron chi connectivity index (χ4n) is 3.60. The molecule has 1 amide bonds. The zero-order chi connectivity index (χ0) is 18.0. The molecule has 1 saturated heterocycles. The fraction of sp³-hybridized carbons (Fsp3) is 0.647. The highest BCUT2D eigenvalue weighted by Crippen LogP contribution is 2.23. The van der Waals surface area contributed by atoms with Crippen molar-refractivity contribution in [2.75, 3.05) is 11.9 Å². The van der Waals surface area contributed by atoms with Gasteiger partial charge >= 0.3 is 0 Å². The van der Waals surface area contributed by atoms with E-state index in [2.05, 4.69) is 25.4 Å². The molecule has 2 atom stereocenters. The highest BCUT2D eigenvalue weighted by atomic mass is 16.2. The van der Waals surface area contributed by atoms with E-state index in [0.29, 0.717) is 6.04 Å². The Labute approximate surface area is 148 Å². The molecule has 0 unspecified atom stereocenters. The molecule has 8 nitrogen and oxygen atoms in total. The molecule has 0 aromatic carbocycles. The number of piperidine rings is 1. The molecule has 0 radical (unpaired) electrons. The Hall–Kier alpha value is -2.22. The first kappa shape index (κ1) is 17.6. The van der Waals surface area contributed by atoms with Crippen molar-refractivity contribution in [3.8, 4) is 0 Å². The van der Waals surface area contributed by atoms with E-state index < -0.39 is 0 Å². The van der Waals surface area contributed by atoms with E-state index >= 15 is 0 Å². The van der Waals surface area contributed by atoms with Crippen molar-refractivity contribution in [3.05, 3.63) is 24.0 Å². The number of carbonyl (C=O) groups excluding carboxylic acids is 1. The van der Waals surface area contributed by atoms with Crippen LogP contribution in [0.15, 0.2) is 12.7 Å². The van der Waals surface area contributed by atoms with Gasteiger partial charge in [0, 0.05) is 13.1 Å². The van der Waals surface area contributed by atoms with Crippen LogP contribution in [0.4, 0.5) is 5.69 Å². The van der Waals surface area contributed by atoms with E-state index in [1.165, 1.54) is 6.42 Å². The molecule has 136 valence electrons. The zero-order valence-corrected chi connectivity index (χ0v) is 15.4. The van der Waals surface area contributed by atoms with E-state index in [4.69, 9.17) is 0 Å². The summed E-state index contributed by atoms with van der Waals surface area (Å²) in [7, 11) is 1.89. The van der Waals surface area contributed by atoms with Crippen LogP contribution < -0.4 is 5.32 Å². The third-order valence-electron chi connectivity index (χ3n) is 5.17. The lowest BCUT2D eigenvalue weighted by atomic mass is 9.99. The van der Waals surface area contributed by atoms with E-state index in [0.717, 1.165) is 43.0 Å². The Balaban J connectivity index is 1.70. The Morgan fingerprint density at radius 2 is 2.20 bits per heavy atom. The summed E-state index contributed by atoms with van der Waals surface area (Å²) < 4.78 is 3.65. The molecule has 1 aliphatic rings. The van der Waals surface area contributed by atoms with Crippen molar-refractivity contribution in [1.82, 2.24) is 29.4 Å². The molecule has 25 heavy (non-hydrogen) atoms. The normalized spacial score (nSPS) is 19.8. The maximum Gasteiger partial charge on any atom is 0.241 e. The first-order chi connectivity index (χ1) is 12.0. The van der Waals surface area contributed by atoms with Crippen LogP contribution in [-0.4, -0.2) is 54.0 Å². The lowest BCUT2D eigenvalue weighted by molar-refractivity contribution is -0.122.